The molecule has 1 aliphatic rings. The van der Waals surface area contributed by atoms with E-state index in [0.29, 0.717) is 31.2 Å². The predicted molar refractivity (Wildman–Crippen MR) is 365 cm³/mol. The molecule has 37 N–H and O–H groups in total. The first-order chi connectivity index (χ1) is 47.1. The zero-order chi connectivity index (χ0) is 75.5. The summed E-state index contributed by atoms with van der Waals surface area (Å²) in [5.41, 5.74) is 78.6. The first-order valence-electron chi connectivity index (χ1n) is 31.9. The molecular formula is C57H101F3N28O12. The first-order valence-corrected chi connectivity index (χ1v) is 31.9. The zero-order valence-electron chi connectivity index (χ0n) is 55.6. The highest BCUT2D eigenvalue weighted by molar-refractivity contribution is 5.98. The topological polar surface area (TPSA) is 737 Å². The number of alkyl halides is 3. The van der Waals surface area contributed by atoms with Crippen LogP contribution in [0.5, 0.6) is 5.75 Å². The third-order valence-corrected chi connectivity index (χ3v) is 14.5. The molecule has 1 fully saturated rings. The number of halogens is 3. The number of aliphatic imine (C=N–C) groups is 6. The molecule has 0 spiro atoms. The van der Waals surface area contributed by atoms with Crippen LogP contribution in [0.15, 0.2) is 54.2 Å². The van der Waals surface area contributed by atoms with Gasteiger partial charge in [-0.15, -0.1) is 0 Å². The maximum atomic E-state index is 14.7. The average molecular weight is 1430 g/mol. The van der Waals surface area contributed by atoms with Crippen molar-refractivity contribution in [2.45, 2.75) is 170 Å². The number of aliphatic carboxylic acids is 1. The Bertz CT molecular complexity index is 2990. The van der Waals surface area contributed by atoms with Crippen LogP contribution in [0, 0.1) is 0 Å². The third-order valence-electron chi connectivity index (χ3n) is 14.5. The Morgan fingerprint density at radius 1 is 0.440 bits per heavy atom. The number of amides is 9. The summed E-state index contributed by atoms with van der Waals surface area (Å²) in [6.07, 6.45) is -3.43. The van der Waals surface area contributed by atoms with Crippen molar-refractivity contribution in [3.8, 4) is 5.75 Å². The number of carbonyl (C=O) groups is 10. The van der Waals surface area contributed by atoms with Gasteiger partial charge in [-0.25, -0.2) is 4.79 Å². The van der Waals surface area contributed by atoms with Gasteiger partial charge in [-0.3, -0.25) is 73.1 Å². The quantitative estimate of drug-likeness (QED) is 0.0164. The number of unbranched alkanes of at least 4 members (excludes halogenated alkanes) is 1. The van der Waals surface area contributed by atoms with Crippen LogP contribution in [-0.2, 0) is 54.4 Å². The van der Waals surface area contributed by atoms with Crippen LogP contribution in [-0.4, -0.2) is 217 Å². The van der Waals surface area contributed by atoms with E-state index in [4.69, 9.17) is 90.2 Å². The van der Waals surface area contributed by atoms with E-state index in [2.05, 4.69) is 67.2 Å². The number of nitrogens with one attached hydrogen (secondary N) is 7. The zero-order valence-corrected chi connectivity index (χ0v) is 55.6. The molecule has 0 unspecified atom stereocenters. The summed E-state index contributed by atoms with van der Waals surface area (Å²) in [7, 11) is 0. The second-order valence-electron chi connectivity index (χ2n) is 22.7. The van der Waals surface area contributed by atoms with Crippen molar-refractivity contribution in [1.82, 2.24) is 42.1 Å². The Balaban J connectivity index is 0.00000675. The van der Waals surface area contributed by atoms with E-state index < -0.39 is 108 Å². The lowest BCUT2D eigenvalue weighted by Gasteiger charge is -2.29. The van der Waals surface area contributed by atoms with Gasteiger partial charge in [0.25, 0.3) is 0 Å². The number of carbonyl (C=O) groups excluding carboxylic acids is 9. The molecule has 0 aliphatic carbocycles. The monoisotopic (exact) mass is 1430 g/mol. The number of phenolic OH excluding ortho intramolecular Hbond substituents is 1. The molecule has 100 heavy (non-hydrogen) atoms. The molecule has 40 nitrogen and oxygen atoms in total. The van der Waals surface area contributed by atoms with Crippen molar-refractivity contribution in [2.24, 2.45) is 110 Å². The van der Waals surface area contributed by atoms with Crippen LogP contribution >= 0.6 is 0 Å². The highest BCUT2D eigenvalue weighted by Gasteiger charge is 2.39. The number of aromatic hydroxyl groups is 1. The summed E-state index contributed by atoms with van der Waals surface area (Å²) in [6, 6.07) is -4.58. The number of guanidine groups is 6. The predicted octanol–water partition coefficient (Wildman–Crippen LogP) is -8.11. The molecule has 0 saturated carbocycles. The number of hydrogen-bond acceptors (Lipinski definition) is 18. The van der Waals surface area contributed by atoms with Crippen LogP contribution in [0.25, 0.3) is 0 Å². The van der Waals surface area contributed by atoms with E-state index in [1.807, 2.05) is 0 Å². The summed E-state index contributed by atoms with van der Waals surface area (Å²) >= 11 is 0. The molecule has 1 aliphatic heterocycles. The molecule has 9 amide bonds. The van der Waals surface area contributed by atoms with E-state index in [9.17, 15) is 61.4 Å². The highest BCUT2D eigenvalue weighted by Crippen LogP contribution is 2.21. The Kier molecular flexibility index (Phi) is 41.0. The van der Waals surface area contributed by atoms with Crippen molar-refractivity contribution in [1.29, 1.82) is 0 Å². The van der Waals surface area contributed by atoms with Gasteiger partial charge in [-0.05, 0) is 133 Å². The summed E-state index contributed by atoms with van der Waals surface area (Å²) in [6.45, 7) is 0.598. The molecule has 562 valence electrons. The molecule has 1 heterocycles. The first kappa shape index (κ1) is 87.1. The summed E-state index contributed by atoms with van der Waals surface area (Å²) in [5, 5.41) is 35.6. The second kappa shape index (κ2) is 47.1. The fraction of sp³-hybridized carbons (Fsp3) is 0.614. The molecule has 43 heteroatoms. The maximum Gasteiger partial charge on any atom is 0.490 e. The van der Waals surface area contributed by atoms with E-state index in [1.54, 1.807) is 12.1 Å². The van der Waals surface area contributed by atoms with Crippen LogP contribution in [0.2, 0.25) is 0 Å². The van der Waals surface area contributed by atoms with Crippen molar-refractivity contribution >= 4 is 94.9 Å². The number of carboxylic acid groups (broad SMARTS) is 1. The van der Waals surface area contributed by atoms with Crippen molar-refractivity contribution in [2.75, 3.05) is 52.4 Å². The van der Waals surface area contributed by atoms with Gasteiger partial charge < -0.3 is 133 Å². The molecule has 1 aromatic rings. The van der Waals surface area contributed by atoms with Gasteiger partial charge in [-0.1, -0.05) is 12.1 Å². The molecule has 1 saturated heterocycles. The van der Waals surface area contributed by atoms with E-state index in [-0.39, 0.29) is 190 Å². The van der Waals surface area contributed by atoms with E-state index in [1.165, 1.54) is 17.0 Å². The molecule has 2 rings (SSSR count). The fourth-order valence-corrected chi connectivity index (χ4v) is 9.54. The lowest BCUT2D eigenvalue weighted by Crippen LogP contribution is -2.60. The van der Waals surface area contributed by atoms with Crippen molar-refractivity contribution < 1.29 is 71.3 Å². The molecular weight excluding hydrogens is 1330 g/mol. The molecule has 8 atom stereocenters. The van der Waals surface area contributed by atoms with Gasteiger partial charge in [0.2, 0.25) is 53.2 Å². The standard InChI is InChI=1S/C55H100N28O10.C2HF3O2/c56-22-2-1-10-34(82-49(93)40-17-9-29-83(40)41(85)30-31-18-20-32(84)21-19-31)44(88)78-36(13-5-25-72-52(62)63)46(90)80-38(15-7-27-74-54(66)67)48(92)81-39(16-8-28-75-55(68)69)47(91)79-37(14-6-26-73-53(64)65)45(89)77-35(12-4-24-71-51(60)61)43(87)76-33(42(57)86)11-3-23-70-50(58)59;3-2(4,5)1(6)7/h18-21,33-40,84H,1-17,22-30,56H2,(H2,57,86)(H,76,87)(H,77,89)(H,78,88)(H,79,91)(H,80,90)(H,81,92)(H,82,93)(H4,58,59,70)(H4,60,61,71)(H4,62,63,72)(H4,64,65,73)(H4,66,67,74)(H4,68,69,75);(H,6,7)/t33-,34-,35-,36-,37-,38-,39-,40-;/m0./s1. The number of nitrogens with two attached hydrogens (primary N) is 14. The van der Waals surface area contributed by atoms with Gasteiger partial charge in [-0.2, -0.15) is 13.2 Å². The smallest absolute Gasteiger partial charge is 0.490 e. The lowest BCUT2D eigenvalue weighted by atomic mass is 10.0. The van der Waals surface area contributed by atoms with Gasteiger partial charge in [0.1, 0.15) is 54.1 Å². The molecule has 0 aromatic heterocycles. The summed E-state index contributed by atoms with van der Waals surface area (Å²) in [5.74, 6) is -11.3. The number of phenols is 1. The summed E-state index contributed by atoms with van der Waals surface area (Å²) in [4.78, 5) is 161. The van der Waals surface area contributed by atoms with E-state index in [0.717, 1.165) is 0 Å². The van der Waals surface area contributed by atoms with Crippen molar-refractivity contribution in [3.63, 3.8) is 0 Å². The van der Waals surface area contributed by atoms with Gasteiger partial charge in [0, 0.05) is 45.8 Å². The number of nitrogens with zero attached hydrogens (tertiary/aromatic N) is 7. The van der Waals surface area contributed by atoms with Gasteiger partial charge >= 0.3 is 12.1 Å². The maximum absolute atomic E-state index is 14.7. The van der Waals surface area contributed by atoms with E-state index >= 15 is 0 Å². The number of rotatable bonds is 45. The minimum absolute atomic E-state index is 0.00649. The number of primary amides is 1. The number of hydrogen-bond donors (Lipinski definition) is 23. The van der Waals surface area contributed by atoms with Crippen LogP contribution < -0.4 is 117 Å². The highest BCUT2D eigenvalue weighted by atomic mass is 19.4. The molecule has 1 aromatic carbocycles. The Morgan fingerprint density at radius 3 is 0.980 bits per heavy atom. The average Bonchev–Trinajstić information content (AvgIpc) is 1.60. The number of benzene rings is 1. The Labute approximate surface area is 574 Å². The lowest BCUT2D eigenvalue weighted by molar-refractivity contribution is -0.192. The van der Waals surface area contributed by atoms with Crippen LogP contribution in [0.1, 0.15) is 115 Å². The van der Waals surface area contributed by atoms with Crippen LogP contribution in [0.4, 0.5) is 13.2 Å². The number of likely N-dealkylation sites (tertiary alicyclic amines) is 1. The number of carboxylic acids is 1. The summed E-state index contributed by atoms with van der Waals surface area (Å²) < 4.78 is 31.7. The minimum atomic E-state index is -5.08. The Morgan fingerprint density at radius 2 is 0.710 bits per heavy atom. The largest absolute Gasteiger partial charge is 0.508 e. The fourth-order valence-electron chi connectivity index (χ4n) is 9.54. The molecule has 0 radical (unpaired) electrons. The third kappa shape index (κ3) is 38.1. The van der Waals surface area contributed by atoms with Crippen molar-refractivity contribution in [3.05, 3.63) is 29.8 Å². The SMILES string of the molecule is NCCCC[C@H](NC(=O)[C@@H]1CCCN1C(=O)Cc1ccc(O)cc1)C(=O)N[C@@H](CCCN=C(N)N)C(=O)N[C@@H](CCCN=C(N)N)C(=O)N[C@@H](CCCN=C(N)N)C(=O)N[C@@H](CCCN=C(N)N)C(=O)N[C@@H](CCCN=C(N)N)C(=O)N[C@@H](CCCN=C(N)N)C(N)=O.O=C(O)C(F)(F)F. The van der Waals surface area contributed by atoms with Crippen LogP contribution in [0.3, 0.4) is 0 Å². The minimum Gasteiger partial charge on any atom is -0.508 e. The normalized spacial score (nSPS) is 14.4. The second-order valence-corrected chi connectivity index (χ2v) is 22.7. The van der Waals surface area contributed by atoms with Gasteiger partial charge in [0.15, 0.2) is 35.8 Å². The molecule has 0 bridgehead atoms. The Hall–Kier alpha value is -10.9. The van der Waals surface area contributed by atoms with Gasteiger partial charge in [0.05, 0.1) is 6.42 Å².